The molecular formula is C11H22N2O. The zero-order valence-electron chi connectivity index (χ0n) is 9.55. The first-order chi connectivity index (χ1) is 6.72. The Morgan fingerprint density at radius 2 is 2.29 bits per heavy atom. The largest absolute Gasteiger partial charge is 0.385 e. The van der Waals surface area contributed by atoms with Crippen LogP contribution in [0.4, 0.5) is 0 Å². The Labute approximate surface area is 87.8 Å². The summed E-state index contributed by atoms with van der Waals surface area (Å²) in [6, 6.07) is 0.514. The minimum Gasteiger partial charge on any atom is -0.385 e. The average Bonchev–Trinajstić information content (AvgIpc) is 2.18. The van der Waals surface area contributed by atoms with Gasteiger partial charge in [0.1, 0.15) is 0 Å². The molecule has 0 aromatic heterocycles. The Kier molecular flexibility index (Phi) is 8.65. The second-order valence-corrected chi connectivity index (χ2v) is 3.51. The van der Waals surface area contributed by atoms with Gasteiger partial charge in [-0.2, -0.15) is 0 Å². The topological polar surface area (TPSA) is 24.5 Å². The van der Waals surface area contributed by atoms with Gasteiger partial charge < -0.3 is 15.0 Å². The summed E-state index contributed by atoms with van der Waals surface area (Å²) < 4.78 is 5.00. The third kappa shape index (κ3) is 6.90. The summed E-state index contributed by atoms with van der Waals surface area (Å²) >= 11 is 0. The monoisotopic (exact) mass is 198 g/mol. The van der Waals surface area contributed by atoms with Gasteiger partial charge in [-0.3, -0.25) is 0 Å². The molecule has 0 fully saturated rings. The highest BCUT2D eigenvalue weighted by Crippen LogP contribution is 1.95. The van der Waals surface area contributed by atoms with Crippen molar-refractivity contribution in [2.45, 2.75) is 19.4 Å². The lowest BCUT2D eigenvalue weighted by Gasteiger charge is -2.24. The van der Waals surface area contributed by atoms with Gasteiger partial charge in [-0.25, -0.2) is 0 Å². The predicted molar refractivity (Wildman–Crippen MR) is 60.3 cm³/mol. The molecule has 14 heavy (non-hydrogen) atoms. The van der Waals surface area contributed by atoms with Crippen molar-refractivity contribution >= 4 is 0 Å². The minimum atomic E-state index is 0.514. The molecule has 0 aliphatic rings. The molecule has 0 spiro atoms. The molecule has 0 bridgehead atoms. The molecule has 0 amide bonds. The van der Waals surface area contributed by atoms with Crippen molar-refractivity contribution in [2.24, 2.45) is 0 Å². The smallest absolute Gasteiger partial charge is 0.0574 e. The van der Waals surface area contributed by atoms with Gasteiger partial charge in [0.05, 0.1) is 6.54 Å². The number of hydrogen-bond donors (Lipinski definition) is 1. The SMILES string of the molecule is C#CCNCC(C)N(C)CCCOC. The van der Waals surface area contributed by atoms with Crippen LogP contribution in [0.1, 0.15) is 13.3 Å². The van der Waals surface area contributed by atoms with Crippen molar-refractivity contribution in [1.82, 2.24) is 10.2 Å². The molecule has 82 valence electrons. The van der Waals surface area contributed by atoms with Gasteiger partial charge in [-0.1, -0.05) is 5.92 Å². The summed E-state index contributed by atoms with van der Waals surface area (Å²) in [5, 5.41) is 3.20. The fourth-order valence-corrected chi connectivity index (χ4v) is 1.19. The Hall–Kier alpha value is -0.560. The summed E-state index contributed by atoms with van der Waals surface area (Å²) in [5.41, 5.74) is 0. The fraction of sp³-hybridized carbons (Fsp3) is 0.818. The molecule has 0 saturated carbocycles. The Morgan fingerprint density at radius 1 is 1.57 bits per heavy atom. The maximum atomic E-state index is 5.15. The van der Waals surface area contributed by atoms with E-state index in [1.807, 2.05) is 0 Å². The van der Waals surface area contributed by atoms with Gasteiger partial charge in [0, 0.05) is 32.8 Å². The minimum absolute atomic E-state index is 0.514. The highest BCUT2D eigenvalue weighted by molar-refractivity contribution is 4.87. The van der Waals surface area contributed by atoms with E-state index in [0.717, 1.165) is 26.1 Å². The van der Waals surface area contributed by atoms with Gasteiger partial charge in [0.15, 0.2) is 0 Å². The standard InChI is InChI=1S/C11H22N2O/c1-5-7-12-10-11(2)13(3)8-6-9-14-4/h1,11-12H,6-10H2,2-4H3. The molecule has 3 nitrogen and oxygen atoms in total. The second-order valence-electron chi connectivity index (χ2n) is 3.51. The molecule has 0 heterocycles. The van der Waals surface area contributed by atoms with Crippen LogP contribution in [0.5, 0.6) is 0 Å². The molecular weight excluding hydrogens is 176 g/mol. The average molecular weight is 198 g/mol. The number of rotatable bonds is 8. The fourth-order valence-electron chi connectivity index (χ4n) is 1.19. The van der Waals surface area contributed by atoms with Crippen LogP contribution in [-0.2, 0) is 4.74 Å². The predicted octanol–water partition coefficient (Wildman–Crippen LogP) is 0.566. The van der Waals surface area contributed by atoms with Gasteiger partial charge in [-0.15, -0.1) is 6.42 Å². The lowest BCUT2D eigenvalue weighted by molar-refractivity contribution is 0.168. The lowest BCUT2D eigenvalue weighted by atomic mass is 10.2. The molecule has 1 unspecified atom stereocenters. The first-order valence-corrected chi connectivity index (χ1v) is 5.05. The van der Waals surface area contributed by atoms with Crippen LogP contribution in [0, 0.1) is 12.3 Å². The van der Waals surface area contributed by atoms with Crippen LogP contribution in [-0.4, -0.2) is 51.3 Å². The molecule has 1 atom stereocenters. The van der Waals surface area contributed by atoms with E-state index >= 15 is 0 Å². The van der Waals surface area contributed by atoms with E-state index in [1.54, 1.807) is 7.11 Å². The van der Waals surface area contributed by atoms with Crippen LogP contribution in [0.3, 0.4) is 0 Å². The Morgan fingerprint density at radius 3 is 2.86 bits per heavy atom. The molecule has 0 rings (SSSR count). The quantitative estimate of drug-likeness (QED) is 0.456. The van der Waals surface area contributed by atoms with Crippen molar-refractivity contribution < 1.29 is 4.74 Å². The molecule has 0 aromatic rings. The van der Waals surface area contributed by atoms with E-state index in [2.05, 4.69) is 30.1 Å². The number of ether oxygens (including phenoxy) is 1. The van der Waals surface area contributed by atoms with E-state index in [0.29, 0.717) is 12.6 Å². The van der Waals surface area contributed by atoms with Crippen molar-refractivity contribution in [3.8, 4) is 12.3 Å². The summed E-state index contributed by atoms with van der Waals surface area (Å²) in [4.78, 5) is 2.31. The second kappa shape index (κ2) is 9.01. The van der Waals surface area contributed by atoms with Crippen LogP contribution < -0.4 is 5.32 Å². The van der Waals surface area contributed by atoms with E-state index in [9.17, 15) is 0 Å². The van der Waals surface area contributed by atoms with Crippen LogP contribution in [0.15, 0.2) is 0 Å². The zero-order valence-corrected chi connectivity index (χ0v) is 9.55. The normalized spacial score (nSPS) is 12.8. The van der Waals surface area contributed by atoms with Gasteiger partial charge in [-0.05, 0) is 20.4 Å². The molecule has 1 N–H and O–H groups in total. The molecule has 0 aliphatic carbocycles. The summed E-state index contributed by atoms with van der Waals surface area (Å²) in [7, 11) is 3.86. The van der Waals surface area contributed by atoms with Crippen molar-refractivity contribution in [2.75, 3.05) is 40.4 Å². The van der Waals surface area contributed by atoms with Crippen LogP contribution in [0.2, 0.25) is 0 Å². The third-order valence-corrected chi connectivity index (χ3v) is 2.28. The molecule has 0 saturated heterocycles. The van der Waals surface area contributed by atoms with Gasteiger partial charge in [0.25, 0.3) is 0 Å². The van der Waals surface area contributed by atoms with Crippen molar-refractivity contribution in [3.63, 3.8) is 0 Å². The number of terminal acetylenes is 1. The van der Waals surface area contributed by atoms with E-state index in [4.69, 9.17) is 11.2 Å². The third-order valence-electron chi connectivity index (χ3n) is 2.28. The van der Waals surface area contributed by atoms with E-state index in [1.165, 1.54) is 0 Å². The maximum Gasteiger partial charge on any atom is 0.0574 e. The number of nitrogens with zero attached hydrogens (tertiary/aromatic N) is 1. The summed E-state index contributed by atoms with van der Waals surface area (Å²) in [5.74, 6) is 2.56. The first-order valence-electron chi connectivity index (χ1n) is 5.05. The zero-order chi connectivity index (χ0) is 10.8. The number of methoxy groups -OCH3 is 1. The van der Waals surface area contributed by atoms with Gasteiger partial charge >= 0.3 is 0 Å². The molecule has 0 aromatic carbocycles. The molecule has 0 aliphatic heterocycles. The van der Waals surface area contributed by atoms with Crippen LogP contribution >= 0.6 is 0 Å². The number of nitrogens with one attached hydrogen (secondary N) is 1. The highest BCUT2D eigenvalue weighted by atomic mass is 16.5. The number of likely N-dealkylation sites (N-methyl/N-ethyl adjacent to an activating group) is 1. The van der Waals surface area contributed by atoms with E-state index in [-0.39, 0.29) is 0 Å². The highest BCUT2D eigenvalue weighted by Gasteiger charge is 2.07. The van der Waals surface area contributed by atoms with Crippen LogP contribution in [0.25, 0.3) is 0 Å². The summed E-state index contributed by atoms with van der Waals surface area (Å²) in [6.07, 6.45) is 6.22. The lowest BCUT2D eigenvalue weighted by Crippen LogP contribution is -2.38. The number of hydrogen-bond acceptors (Lipinski definition) is 3. The maximum absolute atomic E-state index is 5.15. The molecule has 0 radical (unpaired) electrons. The van der Waals surface area contributed by atoms with Crippen molar-refractivity contribution in [3.05, 3.63) is 0 Å². The molecule has 3 heteroatoms. The Bertz CT molecular complexity index is 165. The summed E-state index contributed by atoms with van der Waals surface area (Å²) in [6.45, 7) is 5.67. The first kappa shape index (κ1) is 13.4. The van der Waals surface area contributed by atoms with Gasteiger partial charge in [0.2, 0.25) is 0 Å². The van der Waals surface area contributed by atoms with Crippen molar-refractivity contribution in [1.29, 1.82) is 0 Å². The van der Waals surface area contributed by atoms with E-state index < -0.39 is 0 Å². The Balaban J connectivity index is 3.45.